The minimum Gasteiger partial charge on any atom is -0.450 e. The summed E-state index contributed by atoms with van der Waals surface area (Å²) in [6.45, 7) is 2.85. The highest BCUT2D eigenvalue weighted by atomic mass is 31.1. The van der Waals surface area contributed by atoms with Gasteiger partial charge >= 0.3 is 0 Å². The van der Waals surface area contributed by atoms with Gasteiger partial charge in [0.25, 0.3) is 0 Å². The van der Waals surface area contributed by atoms with Crippen LogP contribution in [0.1, 0.15) is 13.3 Å². The van der Waals surface area contributed by atoms with Gasteiger partial charge in [-0.25, -0.2) is 0 Å². The van der Waals surface area contributed by atoms with Crippen LogP contribution in [0.5, 0.6) is 5.75 Å². The SMILES string of the molecule is CCCOPOc1ccccc1. The van der Waals surface area contributed by atoms with Crippen molar-refractivity contribution in [3.63, 3.8) is 0 Å². The molecule has 0 saturated carbocycles. The van der Waals surface area contributed by atoms with Crippen LogP contribution in [0.15, 0.2) is 30.3 Å². The van der Waals surface area contributed by atoms with Crippen molar-refractivity contribution >= 4 is 9.03 Å². The Labute approximate surface area is 74.8 Å². The first kappa shape index (κ1) is 9.50. The first-order valence-electron chi connectivity index (χ1n) is 4.02. The second kappa shape index (κ2) is 5.99. The normalized spacial score (nSPS) is 10.8. The maximum atomic E-state index is 5.31. The van der Waals surface area contributed by atoms with Gasteiger partial charge in [-0.05, 0) is 18.6 Å². The highest BCUT2D eigenvalue weighted by Gasteiger charge is 1.90. The second-order valence-corrected chi connectivity index (χ2v) is 3.01. The Balaban J connectivity index is 2.16. The molecule has 3 heteroatoms. The first-order chi connectivity index (χ1) is 5.93. The Morgan fingerprint density at radius 3 is 2.67 bits per heavy atom. The van der Waals surface area contributed by atoms with Gasteiger partial charge in [0.2, 0.25) is 9.03 Å². The third-order valence-corrected chi connectivity index (χ3v) is 1.91. The van der Waals surface area contributed by atoms with Crippen molar-refractivity contribution in [3.8, 4) is 5.75 Å². The quantitative estimate of drug-likeness (QED) is 0.517. The zero-order chi connectivity index (χ0) is 8.65. The third-order valence-electron chi connectivity index (χ3n) is 1.27. The summed E-state index contributed by atoms with van der Waals surface area (Å²) in [7, 11) is 0.116. The molecule has 1 aromatic carbocycles. The molecule has 0 fully saturated rings. The van der Waals surface area contributed by atoms with E-state index in [9.17, 15) is 0 Å². The molecule has 1 atom stereocenters. The Bertz CT molecular complexity index is 201. The molecule has 0 heterocycles. The number of hydrogen-bond donors (Lipinski definition) is 0. The van der Waals surface area contributed by atoms with Gasteiger partial charge in [-0.1, -0.05) is 25.1 Å². The third kappa shape index (κ3) is 3.70. The summed E-state index contributed by atoms with van der Waals surface area (Å²) >= 11 is 0. The molecule has 1 rings (SSSR count). The van der Waals surface area contributed by atoms with Gasteiger partial charge in [-0.15, -0.1) is 0 Å². The van der Waals surface area contributed by atoms with E-state index >= 15 is 0 Å². The van der Waals surface area contributed by atoms with Crippen LogP contribution in [-0.4, -0.2) is 6.61 Å². The van der Waals surface area contributed by atoms with Gasteiger partial charge in [-0.2, -0.15) is 0 Å². The van der Waals surface area contributed by atoms with Gasteiger partial charge in [-0.3, -0.25) is 0 Å². The van der Waals surface area contributed by atoms with E-state index in [0.717, 1.165) is 18.8 Å². The molecule has 0 N–H and O–H groups in total. The van der Waals surface area contributed by atoms with Crippen LogP contribution in [-0.2, 0) is 4.52 Å². The van der Waals surface area contributed by atoms with Crippen LogP contribution < -0.4 is 4.52 Å². The van der Waals surface area contributed by atoms with Crippen molar-refractivity contribution in [2.45, 2.75) is 13.3 Å². The minimum atomic E-state index is 0.116. The molecule has 0 aromatic heterocycles. The van der Waals surface area contributed by atoms with Gasteiger partial charge in [0.1, 0.15) is 5.75 Å². The molecule has 12 heavy (non-hydrogen) atoms. The summed E-state index contributed by atoms with van der Waals surface area (Å²) < 4.78 is 10.5. The van der Waals surface area contributed by atoms with Crippen molar-refractivity contribution in [1.29, 1.82) is 0 Å². The molecule has 2 nitrogen and oxygen atoms in total. The van der Waals surface area contributed by atoms with E-state index in [2.05, 4.69) is 6.92 Å². The largest absolute Gasteiger partial charge is 0.450 e. The van der Waals surface area contributed by atoms with E-state index in [1.165, 1.54) is 0 Å². The van der Waals surface area contributed by atoms with E-state index in [-0.39, 0.29) is 9.03 Å². The minimum absolute atomic E-state index is 0.116. The van der Waals surface area contributed by atoms with Gasteiger partial charge in [0.05, 0.1) is 6.61 Å². The van der Waals surface area contributed by atoms with Crippen LogP contribution in [0.4, 0.5) is 0 Å². The topological polar surface area (TPSA) is 18.5 Å². The lowest BCUT2D eigenvalue weighted by atomic mass is 10.3. The fraction of sp³-hybridized carbons (Fsp3) is 0.333. The van der Waals surface area contributed by atoms with E-state index in [0.29, 0.717) is 0 Å². The summed E-state index contributed by atoms with van der Waals surface area (Å²) in [6, 6.07) is 9.69. The maximum absolute atomic E-state index is 5.31. The summed E-state index contributed by atoms with van der Waals surface area (Å²) in [5, 5.41) is 0. The molecule has 0 amide bonds. The van der Waals surface area contributed by atoms with E-state index < -0.39 is 0 Å². The summed E-state index contributed by atoms with van der Waals surface area (Å²) in [5.41, 5.74) is 0. The number of benzene rings is 1. The van der Waals surface area contributed by atoms with Crippen LogP contribution in [0.25, 0.3) is 0 Å². The molecular weight excluding hydrogens is 171 g/mol. The second-order valence-electron chi connectivity index (χ2n) is 2.35. The molecular formula is C9H13O2P. The highest BCUT2D eigenvalue weighted by molar-refractivity contribution is 7.26. The predicted molar refractivity (Wildman–Crippen MR) is 51.6 cm³/mol. The molecule has 0 spiro atoms. The lowest BCUT2D eigenvalue weighted by molar-refractivity contribution is 0.329. The van der Waals surface area contributed by atoms with Crippen molar-refractivity contribution < 1.29 is 9.05 Å². The standard InChI is InChI=1S/C9H13O2P/c1-2-8-10-12-11-9-6-4-3-5-7-9/h3-7,12H,2,8H2,1H3. The molecule has 1 unspecified atom stereocenters. The van der Waals surface area contributed by atoms with Gasteiger partial charge < -0.3 is 9.05 Å². The summed E-state index contributed by atoms with van der Waals surface area (Å²) in [6.07, 6.45) is 1.03. The van der Waals surface area contributed by atoms with Crippen molar-refractivity contribution in [2.75, 3.05) is 6.61 Å². The number of hydrogen-bond acceptors (Lipinski definition) is 2. The maximum Gasteiger partial charge on any atom is 0.215 e. The summed E-state index contributed by atoms with van der Waals surface area (Å²) in [5.74, 6) is 0.868. The lowest BCUT2D eigenvalue weighted by Gasteiger charge is -2.03. The molecule has 66 valence electrons. The van der Waals surface area contributed by atoms with E-state index in [4.69, 9.17) is 9.05 Å². The predicted octanol–water partition coefficient (Wildman–Crippen LogP) is 3.00. The zero-order valence-corrected chi connectivity index (χ0v) is 8.12. The van der Waals surface area contributed by atoms with Crippen LogP contribution in [0.2, 0.25) is 0 Å². The molecule has 0 aliphatic heterocycles. The molecule has 0 radical (unpaired) electrons. The summed E-state index contributed by atoms with van der Waals surface area (Å²) in [4.78, 5) is 0. The van der Waals surface area contributed by atoms with Gasteiger partial charge in [0.15, 0.2) is 0 Å². The molecule has 0 aliphatic carbocycles. The molecule has 0 saturated heterocycles. The van der Waals surface area contributed by atoms with Crippen LogP contribution in [0, 0.1) is 0 Å². The van der Waals surface area contributed by atoms with Crippen molar-refractivity contribution in [1.82, 2.24) is 0 Å². The van der Waals surface area contributed by atoms with Crippen molar-refractivity contribution in [3.05, 3.63) is 30.3 Å². The molecule has 1 aromatic rings. The Hall–Kier alpha value is -0.590. The fourth-order valence-corrected chi connectivity index (χ4v) is 1.29. The molecule has 0 bridgehead atoms. The highest BCUT2D eigenvalue weighted by Crippen LogP contribution is 2.20. The van der Waals surface area contributed by atoms with Crippen LogP contribution >= 0.6 is 9.03 Å². The average Bonchev–Trinajstić information content (AvgIpc) is 2.14. The Morgan fingerprint density at radius 2 is 2.00 bits per heavy atom. The number of para-hydroxylation sites is 1. The lowest BCUT2D eigenvalue weighted by Crippen LogP contribution is -1.84. The Kier molecular flexibility index (Phi) is 4.74. The fourth-order valence-electron chi connectivity index (χ4n) is 0.710. The monoisotopic (exact) mass is 184 g/mol. The van der Waals surface area contributed by atoms with Gasteiger partial charge in [0, 0.05) is 0 Å². The smallest absolute Gasteiger partial charge is 0.215 e. The molecule has 0 aliphatic rings. The Morgan fingerprint density at radius 1 is 1.25 bits per heavy atom. The van der Waals surface area contributed by atoms with E-state index in [1.807, 2.05) is 30.3 Å². The van der Waals surface area contributed by atoms with Crippen molar-refractivity contribution in [2.24, 2.45) is 0 Å². The van der Waals surface area contributed by atoms with E-state index in [1.54, 1.807) is 0 Å². The van der Waals surface area contributed by atoms with Crippen LogP contribution in [0.3, 0.4) is 0 Å². The average molecular weight is 184 g/mol. The zero-order valence-electron chi connectivity index (χ0n) is 7.12. The first-order valence-corrected chi connectivity index (χ1v) is 4.84. The number of rotatable bonds is 5.